The molecule has 1 aromatic carbocycles. The van der Waals surface area contributed by atoms with Crippen LogP contribution >= 0.6 is 23.2 Å². The molecule has 2 aromatic rings. The van der Waals surface area contributed by atoms with Crippen molar-refractivity contribution in [2.75, 3.05) is 5.32 Å². The van der Waals surface area contributed by atoms with Gasteiger partial charge in [0.2, 0.25) is 5.95 Å². The summed E-state index contributed by atoms with van der Waals surface area (Å²) in [5.41, 5.74) is 1.07. The Balaban J connectivity index is 2.05. The molecule has 0 radical (unpaired) electrons. The first-order valence-corrected chi connectivity index (χ1v) is 5.57. The molecule has 0 unspecified atom stereocenters. The zero-order valence-electron chi connectivity index (χ0n) is 8.74. The van der Waals surface area contributed by atoms with E-state index in [4.69, 9.17) is 23.2 Å². The fourth-order valence-electron chi connectivity index (χ4n) is 1.37. The van der Waals surface area contributed by atoms with Crippen molar-refractivity contribution in [2.45, 2.75) is 6.54 Å². The number of benzene rings is 1. The molecule has 3 nitrogen and oxygen atoms in total. The van der Waals surface area contributed by atoms with Gasteiger partial charge in [0.1, 0.15) is 0 Å². The average Bonchev–Trinajstić information content (AvgIpc) is 2.66. The highest BCUT2D eigenvalue weighted by Crippen LogP contribution is 2.22. The van der Waals surface area contributed by atoms with Gasteiger partial charge in [-0.15, -0.1) is 0 Å². The quantitative estimate of drug-likeness (QED) is 0.912. The number of nitrogens with zero attached hydrogens (tertiary/aromatic N) is 2. The second-order valence-electron chi connectivity index (χ2n) is 3.46. The van der Waals surface area contributed by atoms with Crippen LogP contribution in [0.3, 0.4) is 0 Å². The maximum Gasteiger partial charge on any atom is 0.202 e. The van der Waals surface area contributed by atoms with Crippen molar-refractivity contribution in [3.8, 4) is 0 Å². The van der Waals surface area contributed by atoms with Gasteiger partial charge >= 0.3 is 0 Å². The van der Waals surface area contributed by atoms with E-state index in [0.29, 0.717) is 16.6 Å². The van der Waals surface area contributed by atoms with Crippen molar-refractivity contribution in [2.24, 2.45) is 7.05 Å². The predicted molar refractivity (Wildman–Crippen MR) is 67.0 cm³/mol. The lowest BCUT2D eigenvalue weighted by molar-refractivity contribution is 0.900. The van der Waals surface area contributed by atoms with Gasteiger partial charge < -0.3 is 9.88 Å². The van der Waals surface area contributed by atoms with Crippen LogP contribution in [0.4, 0.5) is 5.95 Å². The smallest absolute Gasteiger partial charge is 0.202 e. The monoisotopic (exact) mass is 255 g/mol. The first kappa shape index (κ1) is 11.3. The van der Waals surface area contributed by atoms with E-state index >= 15 is 0 Å². The van der Waals surface area contributed by atoms with E-state index in [9.17, 15) is 0 Å². The molecule has 0 aliphatic heterocycles. The highest BCUT2D eigenvalue weighted by Gasteiger charge is 2.01. The summed E-state index contributed by atoms with van der Waals surface area (Å²) in [6.07, 6.45) is 3.63. The lowest BCUT2D eigenvalue weighted by Crippen LogP contribution is -2.04. The van der Waals surface area contributed by atoms with Crippen molar-refractivity contribution in [1.29, 1.82) is 0 Å². The first-order chi connectivity index (χ1) is 7.66. The Bertz CT molecular complexity index is 494. The third-order valence-electron chi connectivity index (χ3n) is 2.26. The van der Waals surface area contributed by atoms with Crippen LogP contribution in [0.5, 0.6) is 0 Å². The second kappa shape index (κ2) is 4.76. The van der Waals surface area contributed by atoms with E-state index in [0.717, 1.165) is 11.5 Å². The van der Waals surface area contributed by atoms with Gasteiger partial charge in [-0.05, 0) is 17.7 Å². The van der Waals surface area contributed by atoms with E-state index in [1.165, 1.54) is 0 Å². The number of halogens is 2. The molecule has 5 heteroatoms. The summed E-state index contributed by atoms with van der Waals surface area (Å²) in [6, 6.07) is 5.57. The molecule has 0 saturated heterocycles. The third-order valence-corrected chi connectivity index (χ3v) is 2.99. The topological polar surface area (TPSA) is 29.9 Å². The summed E-state index contributed by atoms with van der Waals surface area (Å²) in [5.74, 6) is 0.825. The van der Waals surface area contributed by atoms with Crippen LogP contribution in [-0.4, -0.2) is 9.55 Å². The Labute approximate surface area is 104 Å². The van der Waals surface area contributed by atoms with Crippen LogP contribution in [-0.2, 0) is 13.6 Å². The average molecular weight is 256 g/mol. The van der Waals surface area contributed by atoms with Crippen LogP contribution < -0.4 is 5.32 Å². The number of imidazole rings is 1. The molecule has 2 rings (SSSR count). The zero-order valence-corrected chi connectivity index (χ0v) is 10.3. The Kier molecular flexibility index (Phi) is 3.36. The molecule has 0 spiro atoms. The van der Waals surface area contributed by atoms with Crippen molar-refractivity contribution in [1.82, 2.24) is 9.55 Å². The van der Waals surface area contributed by atoms with E-state index in [-0.39, 0.29) is 0 Å². The van der Waals surface area contributed by atoms with E-state index in [2.05, 4.69) is 10.3 Å². The van der Waals surface area contributed by atoms with Crippen LogP contribution in [0.15, 0.2) is 30.6 Å². The summed E-state index contributed by atoms with van der Waals surface area (Å²) >= 11 is 11.8. The molecule has 0 aliphatic rings. The molecule has 0 amide bonds. The van der Waals surface area contributed by atoms with Crippen LogP contribution in [0, 0.1) is 0 Å². The summed E-state index contributed by atoms with van der Waals surface area (Å²) in [6.45, 7) is 0.668. The third kappa shape index (κ3) is 2.49. The molecule has 0 saturated carbocycles. The molecule has 0 atom stereocenters. The molecule has 16 heavy (non-hydrogen) atoms. The number of hydrogen-bond acceptors (Lipinski definition) is 2. The normalized spacial score (nSPS) is 10.4. The second-order valence-corrected chi connectivity index (χ2v) is 4.28. The molecule has 1 aromatic heterocycles. The van der Waals surface area contributed by atoms with Gasteiger partial charge in [-0.3, -0.25) is 0 Å². The first-order valence-electron chi connectivity index (χ1n) is 4.82. The van der Waals surface area contributed by atoms with Crippen LogP contribution in [0.1, 0.15) is 5.56 Å². The Morgan fingerprint density at radius 1 is 1.31 bits per heavy atom. The summed E-state index contributed by atoms with van der Waals surface area (Å²) in [4.78, 5) is 4.16. The van der Waals surface area contributed by atoms with E-state index in [1.54, 1.807) is 12.3 Å². The maximum absolute atomic E-state index is 5.93. The van der Waals surface area contributed by atoms with Crippen LogP contribution in [0.2, 0.25) is 10.0 Å². The highest BCUT2D eigenvalue weighted by molar-refractivity contribution is 6.42. The van der Waals surface area contributed by atoms with Gasteiger partial charge in [0.05, 0.1) is 10.0 Å². The molecule has 1 N–H and O–H groups in total. The number of aryl methyl sites for hydroxylation is 1. The fourth-order valence-corrected chi connectivity index (χ4v) is 1.69. The Morgan fingerprint density at radius 3 is 2.75 bits per heavy atom. The molecule has 1 heterocycles. The van der Waals surface area contributed by atoms with E-state index < -0.39 is 0 Å². The number of aromatic nitrogens is 2. The fraction of sp³-hybridized carbons (Fsp3) is 0.182. The van der Waals surface area contributed by atoms with Gasteiger partial charge in [0.25, 0.3) is 0 Å². The number of nitrogens with one attached hydrogen (secondary N) is 1. The molecule has 0 aliphatic carbocycles. The van der Waals surface area contributed by atoms with Crippen molar-refractivity contribution < 1.29 is 0 Å². The Hall–Kier alpha value is -1.19. The SMILES string of the molecule is Cn1ccnc1NCc1ccc(Cl)c(Cl)c1. The molecular weight excluding hydrogens is 245 g/mol. The van der Waals surface area contributed by atoms with Gasteiger partial charge in [-0.2, -0.15) is 0 Å². The van der Waals surface area contributed by atoms with Gasteiger partial charge in [0.15, 0.2) is 0 Å². The summed E-state index contributed by atoms with van der Waals surface area (Å²) in [7, 11) is 1.93. The number of rotatable bonds is 3. The minimum Gasteiger partial charge on any atom is -0.352 e. The highest BCUT2D eigenvalue weighted by atomic mass is 35.5. The van der Waals surface area contributed by atoms with Gasteiger partial charge in [0, 0.05) is 26.0 Å². The van der Waals surface area contributed by atoms with Gasteiger partial charge in [-0.25, -0.2) is 4.98 Å². The standard InChI is InChI=1S/C11H11Cl2N3/c1-16-5-4-14-11(16)15-7-8-2-3-9(12)10(13)6-8/h2-6H,7H2,1H3,(H,14,15). The molecule has 0 bridgehead atoms. The van der Waals surface area contributed by atoms with Crippen molar-refractivity contribution >= 4 is 29.2 Å². The lowest BCUT2D eigenvalue weighted by Gasteiger charge is -2.06. The minimum atomic E-state index is 0.570. The number of hydrogen-bond donors (Lipinski definition) is 1. The largest absolute Gasteiger partial charge is 0.352 e. The predicted octanol–water partition coefficient (Wildman–Crippen LogP) is 3.34. The van der Waals surface area contributed by atoms with Crippen LogP contribution in [0.25, 0.3) is 0 Å². The lowest BCUT2D eigenvalue weighted by atomic mass is 10.2. The number of anilines is 1. The zero-order chi connectivity index (χ0) is 11.5. The van der Waals surface area contributed by atoms with Crippen molar-refractivity contribution in [3.05, 3.63) is 46.2 Å². The molecule has 0 fully saturated rings. The molecule has 84 valence electrons. The molecular formula is C11H11Cl2N3. The Morgan fingerprint density at radius 2 is 2.12 bits per heavy atom. The van der Waals surface area contributed by atoms with E-state index in [1.807, 2.05) is 29.9 Å². The maximum atomic E-state index is 5.93. The van der Waals surface area contributed by atoms with Gasteiger partial charge in [-0.1, -0.05) is 29.3 Å². The van der Waals surface area contributed by atoms with Crippen molar-refractivity contribution in [3.63, 3.8) is 0 Å². The summed E-state index contributed by atoms with van der Waals surface area (Å²) in [5, 5.41) is 4.35. The minimum absolute atomic E-state index is 0.570. The summed E-state index contributed by atoms with van der Waals surface area (Å²) < 4.78 is 1.91.